The summed E-state index contributed by atoms with van der Waals surface area (Å²) in [5.74, 6) is 0.131. The third-order valence-corrected chi connectivity index (χ3v) is 3.69. The second kappa shape index (κ2) is 4.81. The van der Waals surface area contributed by atoms with Crippen LogP contribution in [0, 0.1) is 6.92 Å². The van der Waals surface area contributed by atoms with Gasteiger partial charge < -0.3 is 0 Å². The molecule has 1 heterocycles. The standard InChI is InChI=1S/C13H11ClOS/c1-9-7-16-8-11(9)13(15)6-10-4-2-3-5-12(10)14/h2-5,7-8H,6H2,1H3. The first kappa shape index (κ1) is 11.4. The number of benzene rings is 1. The number of Topliss-reactive ketones (excluding diaryl/α,β-unsaturated/α-hetero) is 1. The Morgan fingerprint density at radius 3 is 2.69 bits per heavy atom. The third kappa shape index (κ3) is 2.34. The zero-order valence-corrected chi connectivity index (χ0v) is 10.4. The topological polar surface area (TPSA) is 17.1 Å². The quantitative estimate of drug-likeness (QED) is 0.749. The summed E-state index contributed by atoms with van der Waals surface area (Å²) in [4.78, 5) is 12.0. The molecule has 0 saturated heterocycles. The fourth-order valence-electron chi connectivity index (χ4n) is 1.56. The SMILES string of the molecule is Cc1cscc1C(=O)Cc1ccccc1Cl. The molecule has 0 unspecified atom stereocenters. The fourth-order valence-corrected chi connectivity index (χ4v) is 2.61. The van der Waals surface area contributed by atoms with Gasteiger partial charge in [-0.1, -0.05) is 29.8 Å². The van der Waals surface area contributed by atoms with Crippen LogP contribution in [-0.2, 0) is 6.42 Å². The zero-order valence-electron chi connectivity index (χ0n) is 8.87. The molecule has 0 aliphatic heterocycles. The van der Waals surface area contributed by atoms with Crippen LogP contribution in [0.4, 0.5) is 0 Å². The molecule has 16 heavy (non-hydrogen) atoms. The minimum Gasteiger partial charge on any atom is -0.294 e. The van der Waals surface area contributed by atoms with Gasteiger partial charge in [0.2, 0.25) is 0 Å². The lowest BCUT2D eigenvalue weighted by Gasteiger charge is -2.03. The molecule has 0 aliphatic rings. The van der Waals surface area contributed by atoms with Gasteiger partial charge in [-0.05, 0) is 29.5 Å². The summed E-state index contributed by atoms with van der Waals surface area (Å²) in [6.45, 7) is 1.95. The second-order valence-corrected chi connectivity index (χ2v) is 4.81. The molecule has 0 saturated carbocycles. The predicted molar refractivity (Wildman–Crippen MR) is 68.5 cm³/mol. The number of thiophene rings is 1. The largest absolute Gasteiger partial charge is 0.294 e. The van der Waals surface area contributed by atoms with Crippen LogP contribution < -0.4 is 0 Å². The number of hydrogen-bond donors (Lipinski definition) is 0. The molecule has 0 amide bonds. The molecule has 0 bridgehead atoms. The van der Waals surface area contributed by atoms with Gasteiger partial charge in [0.25, 0.3) is 0 Å². The maximum absolute atomic E-state index is 12.0. The number of carbonyl (C=O) groups is 1. The van der Waals surface area contributed by atoms with E-state index >= 15 is 0 Å². The normalized spacial score (nSPS) is 10.4. The minimum absolute atomic E-state index is 0.131. The number of rotatable bonds is 3. The summed E-state index contributed by atoms with van der Waals surface area (Å²) in [7, 11) is 0. The molecule has 0 atom stereocenters. The summed E-state index contributed by atoms with van der Waals surface area (Å²) in [5.41, 5.74) is 2.74. The van der Waals surface area contributed by atoms with Crippen molar-refractivity contribution in [3.8, 4) is 0 Å². The highest BCUT2D eigenvalue weighted by Gasteiger charge is 2.12. The summed E-state index contributed by atoms with van der Waals surface area (Å²) < 4.78 is 0. The lowest BCUT2D eigenvalue weighted by molar-refractivity contribution is 0.0993. The monoisotopic (exact) mass is 250 g/mol. The Labute approximate surface area is 104 Å². The average molecular weight is 251 g/mol. The van der Waals surface area contributed by atoms with Gasteiger partial charge in [0.05, 0.1) is 0 Å². The Bertz CT molecular complexity index is 516. The fraction of sp³-hybridized carbons (Fsp3) is 0.154. The first-order valence-corrected chi connectivity index (χ1v) is 6.30. The molecule has 82 valence electrons. The van der Waals surface area contributed by atoms with Crippen molar-refractivity contribution in [2.45, 2.75) is 13.3 Å². The van der Waals surface area contributed by atoms with Crippen LogP contribution in [0.3, 0.4) is 0 Å². The Morgan fingerprint density at radius 1 is 1.31 bits per heavy atom. The minimum atomic E-state index is 0.131. The summed E-state index contributed by atoms with van der Waals surface area (Å²) >= 11 is 7.58. The van der Waals surface area contributed by atoms with Crippen LogP contribution in [0.5, 0.6) is 0 Å². The van der Waals surface area contributed by atoms with E-state index in [-0.39, 0.29) is 5.78 Å². The van der Waals surface area contributed by atoms with E-state index in [1.165, 1.54) is 0 Å². The van der Waals surface area contributed by atoms with E-state index in [9.17, 15) is 4.79 Å². The van der Waals surface area contributed by atoms with Crippen LogP contribution >= 0.6 is 22.9 Å². The van der Waals surface area contributed by atoms with Crippen LogP contribution in [0.2, 0.25) is 5.02 Å². The molecular weight excluding hydrogens is 240 g/mol. The van der Waals surface area contributed by atoms with Crippen LogP contribution in [0.1, 0.15) is 21.5 Å². The molecule has 1 nitrogen and oxygen atoms in total. The van der Waals surface area contributed by atoms with Crippen molar-refractivity contribution in [2.75, 3.05) is 0 Å². The van der Waals surface area contributed by atoms with Gasteiger partial charge in [-0.25, -0.2) is 0 Å². The number of hydrogen-bond acceptors (Lipinski definition) is 2. The number of ketones is 1. The van der Waals surface area contributed by atoms with E-state index in [2.05, 4.69) is 0 Å². The van der Waals surface area contributed by atoms with E-state index in [1.807, 2.05) is 41.9 Å². The first-order valence-electron chi connectivity index (χ1n) is 4.98. The molecule has 2 rings (SSSR count). The van der Waals surface area contributed by atoms with Gasteiger partial charge in [-0.3, -0.25) is 4.79 Å². The van der Waals surface area contributed by atoms with Gasteiger partial charge in [-0.2, -0.15) is 11.3 Å². The van der Waals surface area contributed by atoms with E-state index in [1.54, 1.807) is 11.3 Å². The average Bonchev–Trinajstić information content (AvgIpc) is 2.68. The van der Waals surface area contributed by atoms with Gasteiger partial charge in [0, 0.05) is 22.4 Å². The zero-order chi connectivity index (χ0) is 11.5. The van der Waals surface area contributed by atoms with Crippen molar-refractivity contribution >= 4 is 28.7 Å². The molecule has 2 aromatic rings. The van der Waals surface area contributed by atoms with Gasteiger partial charge in [0.1, 0.15) is 0 Å². The number of halogens is 1. The highest BCUT2D eigenvalue weighted by molar-refractivity contribution is 7.08. The van der Waals surface area contributed by atoms with E-state index < -0.39 is 0 Å². The lowest BCUT2D eigenvalue weighted by Crippen LogP contribution is -2.04. The smallest absolute Gasteiger partial charge is 0.168 e. The van der Waals surface area contributed by atoms with E-state index in [4.69, 9.17) is 11.6 Å². The van der Waals surface area contributed by atoms with Crippen molar-refractivity contribution in [3.05, 3.63) is 56.7 Å². The van der Waals surface area contributed by atoms with Crippen molar-refractivity contribution in [1.82, 2.24) is 0 Å². The molecule has 0 N–H and O–H groups in total. The maximum atomic E-state index is 12.0. The summed E-state index contributed by atoms with van der Waals surface area (Å²) in [5, 5.41) is 4.54. The van der Waals surface area contributed by atoms with Crippen molar-refractivity contribution in [1.29, 1.82) is 0 Å². The summed E-state index contributed by atoms with van der Waals surface area (Å²) in [6.07, 6.45) is 0.372. The molecule has 0 aliphatic carbocycles. The lowest BCUT2D eigenvalue weighted by atomic mass is 10.0. The van der Waals surface area contributed by atoms with E-state index in [0.717, 1.165) is 16.7 Å². The molecule has 1 aromatic carbocycles. The molecule has 0 fully saturated rings. The molecule has 0 radical (unpaired) electrons. The number of aryl methyl sites for hydroxylation is 1. The van der Waals surface area contributed by atoms with Gasteiger partial charge >= 0.3 is 0 Å². The van der Waals surface area contributed by atoms with Crippen LogP contribution in [0.25, 0.3) is 0 Å². The Hall–Kier alpha value is -1.12. The Kier molecular flexibility index (Phi) is 3.42. The predicted octanol–water partition coefficient (Wildman–Crippen LogP) is 4.14. The molecular formula is C13H11ClOS. The Balaban J connectivity index is 2.21. The van der Waals surface area contributed by atoms with Crippen molar-refractivity contribution < 1.29 is 4.79 Å². The van der Waals surface area contributed by atoms with E-state index in [0.29, 0.717) is 11.4 Å². The highest BCUT2D eigenvalue weighted by Crippen LogP contribution is 2.20. The van der Waals surface area contributed by atoms with Gasteiger partial charge in [-0.15, -0.1) is 0 Å². The molecule has 1 aromatic heterocycles. The van der Waals surface area contributed by atoms with Crippen molar-refractivity contribution in [2.24, 2.45) is 0 Å². The number of carbonyl (C=O) groups excluding carboxylic acids is 1. The van der Waals surface area contributed by atoms with Gasteiger partial charge in [0.15, 0.2) is 5.78 Å². The summed E-state index contributed by atoms with van der Waals surface area (Å²) in [6, 6.07) is 7.47. The van der Waals surface area contributed by atoms with Crippen molar-refractivity contribution in [3.63, 3.8) is 0 Å². The highest BCUT2D eigenvalue weighted by atomic mass is 35.5. The first-order chi connectivity index (χ1) is 7.68. The second-order valence-electron chi connectivity index (χ2n) is 3.66. The maximum Gasteiger partial charge on any atom is 0.168 e. The third-order valence-electron chi connectivity index (χ3n) is 2.46. The molecule has 3 heteroatoms. The van der Waals surface area contributed by atoms with Crippen LogP contribution in [-0.4, -0.2) is 5.78 Å². The molecule has 0 spiro atoms. The Morgan fingerprint density at radius 2 is 2.06 bits per heavy atom. The van der Waals surface area contributed by atoms with Crippen LogP contribution in [0.15, 0.2) is 35.0 Å².